The van der Waals surface area contributed by atoms with Gasteiger partial charge in [0, 0.05) is 12.5 Å². The molecule has 0 saturated carbocycles. The quantitative estimate of drug-likeness (QED) is 0.753. The van der Waals surface area contributed by atoms with Crippen LogP contribution in [-0.2, 0) is 4.79 Å². The highest BCUT2D eigenvalue weighted by atomic mass is 16.5. The maximum absolute atomic E-state index is 10.6. The number of azo groups is 1. The van der Waals surface area contributed by atoms with E-state index in [-0.39, 0.29) is 5.91 Å². The number of carbonyl (C=O) groups is 1. The van der Waals surface area contributed by atoms with Crippen LogP contribution in [-0.4, -0.2) is 11.1 Å². The molecule has 0 spiro atoms. The largest absolute Gasteiger partial charge is 0.283 e. The summed E-state index contributed by atoms with van der Waals surface area (Å²) in [6.07, 6.45) is 4.88. The number of hydrogen-bond acceptors (Lipinski definition) is 4. The van der Waals surface area contributed by atoms with Crippen LogP contribution in [0.3, 0.4) is 0 Å². The minimum atomic E-state index is -0.383. The first kappa shape index (κ1) is 11.2. The first-order valence-corrected chi connectivity index (χ1v) is 5.06. The van der Waals surface area contributed by atoms with Crippen molar-refractivity contribution in [2.45, 2.75) is 6.92 Å². The Bertz CT molecular complexity index is 532. The molecule has 1 aromatic rings. The van der Waals surface area contributed by atoms with Crippen molar-refractivity contribution >= 4 is 17.7 Å². The predicted molar refractivity (Wildman–Crippen MR) is 63.4 cm³/mol. The normalized spacial score (nSPS) is 16.6. The molecule has 5 heteroatoms. The maximum Gasteiger partial charge on any atom is 0.261 e. The molecule has 0 saturated heterocycles. The van der Waals surface area contributed by atoms with Crippen molar-refractivity contribution in [3.8, 4) is 0 Å². The number of hydroxylamine groups is 1. The first-order chi connectivity index (χ1) is 8.18. The minimum absolute atomic E-state index is 0.383. The molecular formula is C12H11N3O2. The molecule has 1 heterocycles. The Morgan fingerprint density at radius 3 is 2.88 bits per heavy atom. The third kappa shape index (κ3) is 2.46. The Morgan fingerprint density at radius 2 is 2.12 bits per heavy atom. The second-order valence-electron chi connectivity index (χ2n) is 3.49. The minimum Gasteiger partial charge on any atom is -0.283 e. The van der Waals surface area contributed by atoms with E-state index in [9.17, 15) is 10.0 Å². The fraction of sp³-hybridized carbons (Fsp3) is 0.0833. The van der Waals surface area contributed by atoms with E-state index in [1.54, 1.807) is 12.1 Å². The van der Waals surface area contributed by atoms with Gasteiger partial charge < -0.3 is 0 Å². The van der Waals surface area contributed by atoms with Crippen LogP contribution in [0.25, 0.3) is 6.08 Å². The average Bonchev–Trinajstić information content (AvgIpc) is 2.32. The van der Waals surface area contributed by atoms with Gasteiger partial charge in [0.25, 0.3) is 5.91 Å². The monoisotopic (exact) mass is 229 g/mol. The lowest BCUT2D eigenvalue weighted by molar-refractivity contribution is -0.116. The van der Waals surface area contributed by atoms with Crippen molar-refractivity contribution < 1.29 is 10.0 Å². The van der Waals surface area contributed by atoms with Gasteiger partial charge in [-0.1, -0.05) is 24.3 Å². The van der Waals surface area contributed by atoms with Gasteiger partial charge in [-0.05, 0) is 12.1 Å². The number of hydrogen-bond donors (Lipinski definition) is 1. The van der Waals surface area contributed by atoms with E-state index in [1.807, 2.05) is 24.3 Å². The van der Waals surface area contributed by atoms with Crippen LogP contribution < -0.4 is 5.06 Å². The van der Waals surface area contributed by atoms with Gasteiger partial charge in [-0.2, -0.15) is 5.11 Å². The molecule has 1 N–H and O–H groups in total. The molecule has 1 aromatic carbocycles. The van der Waals surface area contributed by atoms with Gasteiger partial charge in [-0.3, -0.25) is 10.0 Å². The number of fused-ring (bicyclic) bond motifs is 1. The van der Waals surface area contributed by atoms with Crippen LogP contribution in [0.5, 0.6) is 0 Å². The summed E-state index contributed by atoms with van der Waals surface area (Å²) in [6.45, 7) is 1.31. The first-order valence-electron chi connectivity index (χ1n) is 5.06. The van der Waals surface area contributed by atoms with Crippen LogP contribution in [0, 0.1) is 0 Å². The average molecular weight is 229 g/mol. The highest BCUT2D eigenvalue weighted by molar-refractivity contribution is 5.75. The number of allylic oxidation sites excluding steroid dienone is 1. The van der Waals surface area contributed by atoms with E-state index in [1.165, 1.54) is 13.1 Å². The molecule has 0 bridgehead atoms. The van der Waals surface area contributed by atoms with Gasteiger partial charge in [0.05, 0.1) is 17.6 Å². The van der Waals surface area contributed by atoms with Gasteiger partial charge in [-0.25, -0.2) is 5.06 Å². The highest BCUT2D eigenvalue weighted by Gasteiger charge is 2.14. The van der Waals surface area contributed by atoms with E-state index < -0.39 is 0 Å². The summed E-state index contributed by atoms with van der Waals surface area (Å²) in [5.41, 5.74) is 2.03. The molecule has 2 rings (SSSR count). The third-order valence-corrected chi connectivity index (χ3v) is 2.23. The van der Waals surface area contributed by atoms with Crippen LogP contribution >= 0.6 is 0 Å². The second-order valence-corrected chi connectivity index (χ2v) is 3.49. The van der Waals surface area contributed by atoms with Gasteiger partial charge in [0.2, 0.25) is 0 Å². The molecule has 86 valence electrons. The van der Waals surface area contributed by atoms with Crippen LogP contribution in [0.4, 0.5) is 5.69 Å². The van der Waals surface area contributed by atoms with Gasteiger partial charge in [0.15, 0.2) is 0 Å². The Balaban J connectivity index is 2.29. The number of anilines is 1. The Hall–Kier alpha value is -2.27. The zero-order chi connectivity index (χ0) is 12.3. The summed E-state index contributed by atoms with van der Waals surface area (Å²) in [5, 5.41) is 17.8. The lowest BCUT2D eigenvalue weighted by Gasteiger charge is -2.22. The molecule has 0 aliphatic carbocycles. The summed E-state index contributed by atoms with van der Waals surface area (Å²) >= 11 is 0. The number of carbonyl (C=O) groups excluding carboxylic acids is 1. The summed E-state index contributed by atoms with van der Waals surface area (Å²) in [7, 11) is 0. The second kappa shape index (κ2) is 4.71. The van der Waals surface area contributed by atoms with Crippen LogP contribution in [0.15, 0.2) is 52.5 Å². The van der Waals surface area contributed by atoms with Gasteiger partial charge >= 0.3 is 0 Å². The zero-order valence-corrected chi connectivity index (χ0v) is 9.24. The standard InChI is InChI=1S/C12H11N3O2/c1-9(16)14-13-8-11-7-6-10-4-2-3-5-12(10)15(11)17/h2-8,17H,1H3/b11-8-,14-13?. The SMILES string of the molecule is CC(=O)N=N/C=C1/C=Cc2ccccc2N1O. The smallest absolute Gasteiger partial charge is 0.261 e. The number of para-hydroxylation sites is 1. The Labute approximate surface area is 98.4 Å². The molecule has 0 unspecified atom stereocenters. The van der Waals surface area contributed by atoms with Crippen molar-refractivity contribution in [3.05, 3.63) is 47.8 Å². The molecule has 1 aliphatic heterocycles. The zero-order valence-electron chi connectivity index (χ0n) is 9.24. The summed E-state index contributed by atoms with van der Waals surface area (Å²) < 4.78 is 0. The summed E-state index contributed by atoms with van der Waals surface area (Å²) in [4.78, 5) is 10.6. The molecule has 0 atom stereocenters. The van der Waals surface area contributed by atoms with E-state index in [0.717, 1.165) is 10.6 Å². The molecule has 0 radical (unpaired) electrons. The van der Waals surface area contributed by atoms with Gasteiger partial charge in [0.1, 0.15) is 0 Å². The maximum atomic E-state index is 10.6. The number of nitrogens with zero attached hydrogens (tertiary/aromatic N) is 3. The molecule has 5 nitrogen and oxygen atoms in total. The molecule has 1 amide bonds. The van der Waals surface area contributed by atoms with Crippen LogP contribution in [0.1, 0.15) is 12.5 Å². The number of rotatable bonds is 1. The number of benzene rings is 1. The lowest BCUT2D eigenvalue weighted by atomic mass is 10.1. The third-order valence-electron chi connectivity index (χ3n) is 2.23. The molecule has 1 aliphatic rings. The van der Waals surface area contributed by atoms with Crippen molar-refractivity contribution in [1.82, 2.24) is 0 Å². The Kier molecular flexibility index (Phi) is 3.11. The highest BCUT2D eigenvalue weighted by Crippen LogP contribution is 2.28. The van der Waals surface area contributed by atoms with Crippen molar-refractivity contribution in [1.29, 1.82) is 0 Å². The fourth-order valence-corrected chi connectivity index (χ4v) is 1.47. The lowest BCUT2D eigenvalue weighted by Crippen LogP contribution is -2.19. The predicted octanol–water partition coefficient (Wildman–Crippen LogP) is 2.75. The van der Waals surface area contributed by atoms with E-state index in [0.29, 0.717) is 11.4 Å². The van der Waals surface area contributed by atoms with Crippen molar-refractivity contribution in [2.24, 2.45) is 10.2 Å². The van der Waals surface area contributed by atoms with E-state index >= 15 is 0 Å². The topological polar surface area (TPSA) is 65.3 Å². The molecule has 0 aromatic heterocycles. The molecular weight excluding hydrogens is 218 g/mol. The number of amides is 1. The Morgan fingerprint density at radius 1 is 1.35 bits per heavy atom. The van der Waals surface area contributed by atoms with E-state index in [4.69, 9.17) is 0 Å². The summed E-state index contributed by atoms with van der Waals surface area (Å²) in [5.74, 6) is -0.383. The summed E-state index contributed by atoms with van der Waals surface area (Å²) in [6, 6.07) is 7.40. The van der Waals surface area contributed by atoms with E-state index in [2.05, 4.69) is 10.2 Å². The van der Waals surface area contributed by atoms with Gasteiger partial charge in [-0.15, -0.1) is 5.11 Å². The van der Waals surface area contributed by atoms with Crippen molar-refractivity contribution in [2.75, 3.05) is 5.06 Å². The fourth-order valence-electron chi connectivity index (χ4n) is 1.47. The molecule has 17 heavy (non-hydrogen) atoms. The van der Waals surface area contributed by atoms with Crippen molar-refractivity contribution in [3.63, 3.8) is 0 Å². The van der Waals surface area contributed by atoms with Crippen LogP contribution in [0.2, 0.25) is 0 Å². The molecule has 0 fully saturated rings.